The van der Waals surface area contributed by atoms with Crippen LogP contribution in [0.5, 0.6) is 5.75 Å². The highest BCUT2D eigenvalue weighted by molar-refractivity contribution is 5.98. The van der Waals surface area contributed by atoms with Crippen molar-refractivity contribution in [1.29, 1.82) is 0 Å². The van der Waals surface area contributed by atoms with Crippen molar-refractivity contribution in [2.75, 3.05) is 39.8 Å². The molecule has 194 valence electrons. The molecule has 8 nitrogen and oxygen atoms in total. The van der Waals surface area contributed by atoms with Crippen LogP contribution < -0.4 is 10.1 Å². The number of aromatic nitrogens is 1. The summed E-state index contributed by atoms with van der Waals surface area (Å²) in [5, 5.41) is 3.91. The smallest absolute Gasteiger partial charge is 0.257 e. The maximum Gasteiger partial charge on any atom is 0.257 e. The molecule has 0 radical (unpaired) electrons. The van der Waals surface area contributed by atoms with Gasteiger partial charge in [0.05, 0.1) is 17.5 Å². The number of piperidine rings is 1. The van der Waals surface area contributed by atoms with Crippen LogP contribution in [0.1, 0.15) is 52.8 Å². The number of amides is 3. The first-order chi connectivity index (χ1) is 18.0. The summed E-state index contributed by atoms with van der Waals surface area (Å²) in [6.45, 7) is 2.32. The van der Waals surface area contributed by atoms with Gasteiger partial charge in [-0.1, -0.05) is 24.6 Å². The number of benzene rings is 2. The van der Waals surface area contributed by atoms with Crippen LogP contribution in [-0.4, -0.2) is 72.3 Å². The zero-order valence-electron chi connectivity index (χ0n) is 21.3. The number of H-pyrrole nitrogens is 1. The molecule has 37 heavy (non-hydrogen) atoms. The molecular weight excluding hydrogens is 468 g/mol. The lowest BCUT2D eigenvalue weighted by Gasteiger charge is -2.40. The maximum atomic E-state index is 13.5. The predicted octanol–water partition coefficient (Wildman–Crippen LogP) is 3.84. The molecule has 0 atom stereocenters. The minimum absolute atomic E-state index is 0.0415. The van der Waals surface area contributed by atoms with Gasteiger partial charge in [0.25, 0.3) is 11.8 Å². The summed E-state index contributed by atoms with van der Waals surface area (Å²) in [5.74, 6) is 0.426. The summed E-state index contributed by atoms with van der Waals surface area (Å²) in [6.07, 6.45) is 5.46. The van der Waals surface area contributed by atoms with Gasteiger partial charge in [0.15, 0.2) is 0 Å². The van der Waals surface area contributed by atoms with Gasteiger partial charge in [0.1, 0.15) is 12.4 Å². The van der Waals surface area contributed by atoms with E-state index < -0.39 is 5.41 Å². The average Bonchev–Trinajstić information content (AvgIpc) is 3.41. The van der Waals surface area contributed by atoms with E-state index in [-0.39, 0.29) is 24.3 Å². The highest BCUT2D eigenvalue weighted by Gasteiger charge is 2.41. The number of carbonyl (C=O) groups excluding carboxylic acids is 3. The van der Waals surface area contributed by atoms with Gasteiger partial charge < -0.3 is 24.8 Å². The number of rotatable bonds is 2. The van der Waals surface area contributed by atoms with Gasteiger partial charge in [-0.2, -0.15) is 0 Å². The summed E-state index contributed by atoms with van der Waals surface area (Å²) in [4.78, 5) is 46.7. The van der Waals surface area contributed by atoms with E-state index in [1.54, 1.807) is 19.2 Å². The Hall–Kier alpha value is -3.81. The highest BCUT2D eigenvalue weighted by atomic mass is 16.5. The Kier molecular flexibility index (Phi) is 7.17. The van der Waals surface area contributed by atoms with E-state index in [0.29, 0.717) is 55.9 Å². The second-order valence-electron chi connectivity index (χ2n) is 10.0. The van der Waals surface area contributed by atoms with Crippen LogP contribution in [0.25, 0.3) is 10.9 Å². The van der Waals surface area contributed by atoms with Crippen molar-refractivity contribution in [3.05, 3.63) is 65.9 Å². The Labute approximate surface area is 217 Å². The van der Waals surface area contributed by atoms with Crippen LogP contribution in [0.4, 0.5) is 0 Å². The largest absolute Gasteiger partial charge is 0.491 e. The van der Waals surface area contributed by atoms with E-state index in [4.69, 9.17) is 4.74 Å². The fourth-order valence-electron chi connectivity index (χ4n) is 5.64. The second-order valence-corrected chi connectivity index (χ2v) is 10.0. The lowest BCUT2D eigenvalue weighted by Crippen LogP contribution is -2.49. The molecule has 0 spiro atoms. The topological polar surface area (TPSA) is 94.7 Å². The van der Waals surface area contributed by atoms with E-state index in [1.165, 1.54) is 0 Å². The number of hydrogen-bond acceptors (Lipinski definition) is 4. The first kappa shape index (κ1) is 24.9. The predicted molar refractivity (Wildman–Crippen MR) is 142 cm³/mol. The minimum Gasteiger partial charge on any atom is -0.491 e. The van der Waals surface area contributed by atoms with Crippen LogP contribution in [0, 0.1) is 5.41 Å². The van der Waals surface area contributed by atoms with Crippen molar-refractivity contribution >= 4 is 28.6 Å². The third-order valence-electron chi connectivity index (χ3n) is 7.88. The van der Waals surface area contributed by atoms with Crippen LogP contribution in [0.15, 0.2) is 54.7 Å². The summed E-state index contributed by atoms with van der Waals surface area (Å²) < 4.78 is 6.08. The molecule has 3 amide bonds. The van der Waals surface area contributed by atoms with Crippen LogP contribution in [0.2, 0.25) is 0 Å². The first-order valence-corrected chi connectivity index (χ1v) is 13.1. The Morgan fingerprint density at radius 3 is 2.59 bits per heavy atom. The number of para-hydroxylation sites is 1. The molecule has 1 aromatic heterocycles. The van der Waals surface area contributed by atoms with E-state index in [0.717, 1.165) is 30.2 Å². The number of carbonyl (C=O) groups is 3. The lowest BCUT2D eigenvalue weighted by molar-refractivity contribution is -0.133. The Bertz CT molecular complexity index is 1290. The Morgan fingerprint density at radius 1 is 0.973 bits per heavy atom. The van der Waals surface area contributed by atoms with E-state index in [9.17, 15) is 14.4 Å². The van der Waals surface area contributed by atoms with E-state index in [2.05, 4.69) is 10.3 Å². The first-order valence-electron chi connectivity index (χ1n) is 13.1. The molecule has 3 aromatic rings. The molecule has 2 aromatic carbocycles. The number of aromatic amines is 1. The third kappa shape index (κ3) is 5.05. The second kappa shape index (κ2) is 10.7. The summed E-state index contributed by atoms with van der Waals surface area (Å²) in [6, 6.07) is 14.9. The molecule has 2 bridgehead atoms. The molecule has 3 aliphatic heterocycles. The quantitative estimate of drug-likeness (QED) is 0.557. The molecule has 1 saturated heterocycles. The molecule has 0 aliphatic carbocycles. The van der Waals surface area contributed by atoms with Gasteiger partial charge in [-0.3, -0.25) is 14.4 Å². The zero-order chi connectivity index (χ0) is 25.8. The van der Waals surface area contributed by atoms with Crippen molar-refractivity contribution in [1.82, 2.24) is 20.1 Å². The van der Waals surface area contributed by atoms with Gasteiger partial charge >= 0.3 is 0 Å². The van der Waals surface area contributed by atoms with Crippen LogP contribution >= 0.6 is 0 Å². The van der Waals surface area contributed by atoms with Gasteiger partial charge in [-0.25, -0.2) is 0 Å². The van der Waals surface area contributed by atoms with Crippen molar-refractivity contribution in [2.24, 2.45) is 5.41 Å². The number of nitrogens with one attached hydrogen (secondary N) is 2. The van der Waals surface area contributed by atoms with Crippen molar-refractivity contribution < 1.29 is 19.1 Å². The van der Waals surface area contributed by atoms with Gasteiger partial charge in [0.2, 0.25) is 5.91 Å². The van der Waals surface area contributed by atoms with E-state index >= 15 is 0 Å². The summed E-state index contributed by atoms with van der Waals surface area (Å²) >= 11 is 0. The number of fused-ring (bicyclic) bond motifs is 10. The SMILES string of the molecule is CNC(=O)C12CCCCN(C(=O)c3ccc4cc[nH]c4c3)CCOc3ccccc3C(=O)N(CC1)CC2. The molecular formula is C29H34N4O4. The monoisotopic (exact) mass is 502 g/mol. The molecule has 1 fully saturated rings. The number of nitrogens with zero attached hydrogens (tertiary/aromatic N) is 2. The van der Waals surface area contributed by atoms with Crippen LogP contribution in [0.3, 0.4) is 0 Å². The lowest BCUT2D eigenvalue weighted by atomic mass is 9.73. The average molecular weight is 503 g/mol. The summed E-state index contributed by atoms with van der Waals surface area (Å²) in [5.41, 5.74) is 1.57. The third-order valence-corrected chi connectivity index (χ3v) is 7.88. The molecule has 6 rings (SSSR count). The van der Waals surface area contributed by atoms with Gasteiger partial charge in [-0.05, 0) is 61.4 Å². The maximum absolute atomic E-state index is 13.5. The summed E-state index contributed by atoms with van der Waals surface area (Å²) in [7, 11) is 1.68. The highest BCUT2D eigenvalue weighted by Crippen LogP contribution is 2.38. The molecule has 3 aliphatic rings. The minimum atomic E-state index is -0.491. The van der Waals surface area contributed by atoms with E-state index in [1.807, 2.05) is 52.4 Å². The molecule has 8 heteroatoms. The van der Waals surface area contributed by atoms with Gasteiger partial charge in [-0.15, -0.1) is 0 Å². The molecule has 2 N–H and O–H groups in total. The normalized spacial score (nSPS) is 18.5. The number of hydrogen-bond donors (Lipinski definition) is 2. The van der Waals surface area contributed by atoms with Crippen molar-refractivity contribution in [3.8, 4) is 5.75 Å². The molecule has 0 unspecified atom stereocenters. The zero-order valence-corrected chi connectivity index (χ0v) is 21.3. The number of ether oxygens (including phenoxy) is 1. The fraction of sp³-hybridized carbons (Fsp3) is 0.414. The van der Waals surface area contributed by atoms with Crippen LogP contribution in [-0.2, 0) is 4.79 Å². The Balaban J connectivity index is 1.41. The van der Waals surface area contributed by atoms with Crippen molar-refractivity contribution in [3.63, 3.8) is 0 Å². The standard InChI is InChI=1S/C29H34N4O4/c1-30-28(36)29-11-4-5-15-32(26(34)22-9-8-21-10-14-31-24(21)20-22)18-19-37-25-7-3-2-6-23(25)27(35)33(16-12-29)17-13-29/h2-3,6-10,14,20,31H,4-5,11-13,15-19H2,1H3,(H,30,36). The fourth-order valence-corrected chi connectivity index (χ4v) is 5.64. The van der Waals surface area contributed by atoms with Gasteiger partial charge in [0, 0.05) is 44.0 Å². The molecule has 4 heterocycles. The molecule has 0 saturated carbocycles. The van der Waals surface area contributed by atoms with Crippen molar-refractivity contribution in [2.45, 2.75) is 32.1 Å². The Morgan fingerprint density at radius 2 is 1.78 bits per heavy atom.